The largest absolute Gasteiger partial charge is 0.394 e. The molecular formula is C7H10N2O6. The van der Waals surface area contributed by atoms with Crippen molar-refractivity contribution in [3.8, 4) is 0 Å². The zero-order valence-corrected chi connectivity index (χ0v) is 7.49. The molecule has 0 aliphatic carbocycles. The number of aliphatic hydroxyl groups excluding tert-OH is 4. The fourth-order valence-electron chi connectivity index (χ4n) is 1.03. The molecule has 8 heteroatoms. The van der Waals surface area contributed by atoms with Crippen LogP contribution in [-0.2, 0) is 4.79 Å². The number of nitrogens with zero attached hydrogens (tertiary/aromatic N) is 1. The molecule has 1 rings (SSSR count). The molecule has 0 aromatic heterocycles. The lowest BCUT2D eigenvalue weighted by Gasteiger charge is -2.20. The second kappa shape index (κ2) is 4.45. The van der Waals surface area contributed by atoms with Crippen molar-refractivity contribution in [3.63, 3.8) is 0 Å². The number of urea groups is 1. The maximum Gasteiger partial charge on any atom is 0.348 e. The third kappa shape index (κ3) is 2.36. The smallest absolute Gasteiger partial charge is 0.348 e. The van der Waals surface area contributed by atoms with Crippen LogP contribution < -0.4 is 5.32 Å². The molecule has 0 saturated heterocycles. The summed E-state index contributed by atoms with van der Waals surface area (Å²) < 4.78 is 0. The van der Waals surface area contributed by atoms with Gasteiger partial charge in [-0.3, -0.25) is 10.1 Å². The fourth-order valence-corrected chi connectivity index (χ4v) is 1.03. The van der Waals surface area contributed by atoms with Gasteiger partial charge in [-0.1, -0.05) is 0 Å². The van der Waals surface area contributed by atoms with Gasteiger partial charge in [0.1, 0.15) is 24.0 Å². The maximum atomic E-state index is 11.0. The van der Waals surface area contributed by atoms with Gasteiger partial charge in [0, 0.05) is 0 Å². The highest BCUT2D eigenvalue weighted by Crippen LogP contribution is 2.06. The number of carbonyl (C=O) groups is 2. The average molecular weight is 218 g/mol. The van der Waals surface area contributed by atoms with Crippen LogP contribution >= 0.6 is 0 Å². The van der Waals surface area contributed by atoms with Crippen LogP contribution in [0.1, 0.15) is 0 Å². The summed E-state index contributed by atoms with van der Waals surface area (Å²) in [5.41, 5.74) is -0.583. The third-order valence-corrected chi connectivity index (χ3v) is 1.86. The molecule has 1 heterocycles. The zero-order valence-electron chi connectivity index (χ0n) is 7.49. The number of amides is 3. The van der Waals surface area contributed by atoms with Gasteiger partial charge in [-0.2, -0.15) is 4.99 Å². The summed E-state index contributed by atoms with van der Waals surface area (Å²) >= 11 is 0. The Morgan fingerprint density at radius 3 is 2.27 bits per heavy atom. The molecule has 0 saturated carbocycles. The van der Waals surface area contributed by atoms with Crippen LogP contribution in [0.25, 0.3) is 0 Å². The summed E-state index contributed by atoms with van der Waals surface area (Å²) in [6, 6.07) is -0.945. The molecule has 15 heavy (non-hydrogen) atoms. The lowest BCUT2D eigenvalue weighted by atomic mass is 10.0. The molecule has 3 amide bonds. The predicted molar refractivity (Wildman–Crippen MR) is 46.1 cm³/mol. The van der Waals surface area contributed by atoms with E-state index in [1.54, 1.807) is 5.32 Å². The first kappa shape index (κ1) is 11.7. The van der Waals surface area contributed by atoms with Crippen LogP contribution in [0.2, 0.25) is 0 Å². The molecule has 0 spiro atoms. The molecule has 1 aliphatic rings. The van der Waals surface area contributed by atoms with E-state index in [1.807, 2.05) is 0 Å². The highest BCUT2D eigenvalue weighted by molar-refractivity contribution is 6.47. The van der Waals surface area contributed by atoms with E-state index in [0.29, 0.717) is 0 Å². The third-order valence-electron chi connectivity index (χ3n) is 1.86. The van der Waals surface area contributed by atoms with Gasteiger partial charge >= 0.3 is 6.03 Å². The van der Waals surface area contributed by atoms with Gasteiger partial charge in [-0.15, -0.1) is 0 Å². The minimum atomic E-state index is -1.82. The number of imide groups is 1. The highest BCUT2D eigenvalue weighted by Gasteiger charge is 2.36. The minimum Gasteiger partial charge on any atom is -0.394 e. The van der Waals surface area contributed by atoms with Gasteiger partial charge in [0.05, 0.1) is 6.61 Å². The maximum absolute atomic E-state index is 11.0. The van der Waals surface area contributed by atoms with E-state index >= 15 is 0 Å². The van der Waals surface area contributed by atoms with E-state index in [0.717, 1.165) is 0 Å². The Hall–Kier alpha value is -1.35. The van der Waals surface area contributed by atoms with Crippen molar-refractivity contribution in [3.05, 3.63) is 0 Å². The number of rotatable bonds is 4. The lowest BCUT2D eigenvalue weighted by Crippen LogP contribution is -2.46. The topological polar surface area (TPSA) is 139 Å². The number of hydrogen-bond acceptors (Lipinski definition) is 6. The number of nitrogens with one attached hydrogen (secondary N) is 1. The Morgan fingerprint density at radius 2 is 1.87 bits per heavy atom. The van der Waals surface area contributed by atoms with Gasteiger partial charge in [-0.25, -0.2) is 4.79 Å². The van der Waals surface area contributed by atoms with Gasteiger partial charge in [0.25, 0.3) is 5.91 Å². The number of carbonyl (C=O) groups excluding carboxylic acids is 2. The Morgan fingerprint density at radius 1 is 1.27 bits per heavy atom. The monoisotopic (exact) mass is 218 g/mol. The quantitative estimate of drug-likeness (QED) is 0.336. The Kier molecular flexibility index (Phi) is 3.48. The minimum absolute atomic E-state index is 0.583. The molecule has 0 aromatic carbocycles. The fraction of sp³-hybridized carbons (Fsp3) is 0.571. The van der Waals surface area contributed by atoms with Crippen LogP contribution in [0.4, 0.5) is 4.79 Å². The molecule has 8 nitrogen and oxygen atoms in total. The van der Waals surface area contributed by atoms with Crippen molar-refractivity contribution in [2.45, 2.75) is 18.3 Å². The molecule has 84 valence electrons. The number of aliphatic imine (C=N–C) groups is 1. The van der Waals surface area contributed by atoms with Crippen molar-refractivity contribution in [1.82, 2.24) is 5.32 Å². The molecule has 0 radical (unpaired) electrons. The molecule has 1 aliphatic heterocycles. The average Bonchev–Trinajstić information content (AvgIpc) is 2.54. The van der Waals surface area contributed by atoms with Crippen molar-refractivity contribution in [1.29, 1.82) is 0 Å². The molecular weight excluding hydrogens is 208 g/mol. The van der Waals surface area contributed by atoms with E-state index < -0.39 is 42.6 Å². The summed E-state index contributed by atoms with van der Waals surface area (Å²) in [5.74, 6) is -0.934. The Labute approximate surface area is 83.9 Å². The van der Waals surface area contributed by atoms with E-state index in [1.165, 1.54) is 0 Å². The van der Waals surface area contributed by atoms with E-state index in [4.69, 9.17) is 10.2 Å². The highest BCUT2D eigenvalue weighted by atomic mass is 16.4. The normalized spacial score (nSPS) is 22.0. The second-order valence-electron chi connectivity index (χ2n) is 2.94. The molecule has 0 aromatic rings. The van der Waals surface area contributed by atoms with Crippen molar-refractivity contribution >= 4 is 17.6 Å². The number of aliphatic hydroxyl groups is 4. The summed E-state index contributed by atoms with van der Waals surface area (Å²) in [7, 11) is 0. The predicted octanol–water partition coefficient (Wildman–Crippen LogP) is -3.25. The van der Waals surface area contributed by atoms with Crippen LogP contribution in [0, 0.1) is 0 Å². The SMILES string of the molecule is O=C1N=C([C@@H](O)[C@H](O)[C@H](O)CO)C(=O)N1. The summed E-state index contributed by atoms with van der Waals surface area (Å²) in [6.07, 6.45) is -5.23. The van der Waals surface area contributed by atoms with E-state index in [2.05, 4.69) is 4.99 Å². The van der Waals surface area contributed by atoms with Gasteiger partial charge in [-0.05, 0) is 0 Å². The van der Waals surface area contributed by atoms with Crippen LogP contribution in [0.5, 0.6) is 0 Å². The first-order valence-corrected chi connectivity index (χ1v) is 4.06. The first-order valence-electron chi connectivity index (χ1n) is 4.06. The van der Waals surface area contributed by atoms with Crippen LogP contribution in [-0.4, -0.2) is 63.0 Å². The molecule has 3 atom stereocenters. The van der Waals surface area contributed by atoms with Crippen molar-refractivity contribution in [2.75, 3.05) is 6.61 Å². The molecule has 0 fully saturated rings. The van der Waals surface area contributed by atoms with E-state index in [9.17, 15) is 19.8 Å². The molecule has 0 bridgehead atoms. The van der Waals surface area contributed by atoms with Gasteiger partial charge < -0.3 is 20.4 Å². The lowest BCUT2D eigenvalue weighted by molar-refractivity contribution is -0.114. The molecule has 0 unspecified atom stereocenters. The van der Waals surface area contributed by atoms with E-state index in [-0.39, 0.29) is 0 Å². The Bertz CT molecular complexity index is 315. The van der Waals surface area contributed by atoms with Crippen LogP contribution in [0.15, 0.2) is 4.99 Å². The summed E-state index contributed by atoms with van der Waals surface area (Å²) in [6.45, 7) is -0.791. The van der Waals surface area contributed by atoms with Gasteiger partial charge in [0.2, 0.25) is 0 Å². The van der Waals surface area contributed by atoms with Crippen molar-refractivity contribution < 1.29 is 30.0 Å². The first-order chi connectivity index (χ1) is 6.97. The standard InChI is InChI=1S/C7H10N2O6/c10-1-2(11)4(12)5(13)3-6(14)9-7(15)8-3/h2,4-5,10-13H,1H2,(H,9,14,15)/t2-,4-,5-/m1/s1. The summed E-state index contributed by atoms with van der Waals surface area (Å²) in [5, 5.41) is 37.8. The van der Waals surface area contributed by atoms with Crippen molar-refractivity contribution in [2.24, 2.45) is 4.99 Å². The molecule has 5 N–H and O–H groups in total. The second-order valence-corrected chi connectivity index (χ2v) is 2.94. The van der Waals surface area contributed by atoms with Crippen LogP contribution in [0.3, 0.4) is 0 Å². The number of hydrogen-bond donors (Lipinski definition) is 5. The Balaban J connectivity index is 2.76. The zero-order chi connectivity index (χ0) is 11.6. The van der Waals surface area contributed by atoms with Gasteiger partial charge in [0.15, 0.2) is 0 Å². The summed E-state index contributed by atoms with van der Waals surface area (Å²) in [4.78, 5) is 24.7.